The molecule has 2 N–H and O–H groups in total. The summed E-state index contributed by atoms with van der Waals surface area (Å²) in [6.45, 7) is 5.03. The van der Waals surface area contributed by atoms with E-state index in [0.29, 0.717) is 18.3 Å². The van der Waals surface area contributed by atoms with Gasteiger partial charge in [0.1, 0.15) is 12.4 Å². The van der Waals surface area contributed by atoms with Crippen LogP contribution in [-0.2, 0) is 6.54 Å². The lowest BCUT2D eigenvalue weighted by atomic mass is 10.2. The number of rotatable bonds is 8. The Balaban J connectivity index is 0.00000529. The van der Waals surface area contributed by atoms with E-state index in [1.54, 1.807) is 37.0 Å². The Bertz CT molecular complexity index is 516. The Morgan fingerprint density at radius 2 is 2.04 bits per heavy atom. The molecule has 0 saturated carbocycles. The minimum Gasteiger partial charge on any atom is -0.488 e. The zero-order chi connectivity index (χ0) is 17.3. The van der Waals surface area contributed by atoms with Gasteiger partial charge < -0.3 is 15.4 Å². The van der Waals surface area contributed by atoms with Gasteiger partial charge in [0.15, 0.2) is 5.96 Å². The van der Waals surface area contributed by atoms with Crippen LogP contribution in [0, 0.1) is 0 Å². The molecule has 1 aromatic rings. The number of hydrogen-bond acceptors (Lipinski definition) is 3. The average molecular weight is 473 g/mol. The van der Waals surface area contributed by atoms with Crippen LogP contribution >= 0.6 is 35.7 Å². The Kier molecular flexibility index (Phi) is 11.4. The van der Waals surface area contributed by atoms with Gasteiger partial charge in [-0.1, -0.05) is 12.1 Å². The van der Waals surface area contributed by atoms with Crippen molar-refractivity contribution in [3.8, 4) is 5.75 Å². The van der Waals surface area contributed by atoms with E-state index in [1.807, 2.05) is 6.07 Å². The number of nitrogens with zero attached hydrogens (tertiary/aromatic N) is 1. The van der Waals surface area contributed by atoms with E-state index >= 15 is 0 Å². The lowest BCUT2D eigenvalue weighted by Gasteiger charge is -2.23. The van der Waals surface area contributed by atoms with Crippen molar-refractivity contribution in [2.75, 3.05) is 26.5 Å². The zero-order valence-electron chi connectivity index (χ0n) is 14.4. The Hall–Kier alpha value is -0.770. The van der Waals surface area contributed by atoms with Crippen LogP contribution in [0.15, 0.2) is 29.3 Å². The van der Waals surface area contributed by atoms with Crippen molar-refractivity contribution < 1.29 is 13.5 Å². The van der Waals surface area contributed by atoms with E-state index < -0.39 is 13.0 Å². The molecular formula is C16H26F2IN3OS. The Morgan fingerprint density at radius 3 is 2.62 bits per heavy atom. The molecule has 0 bridgehead atoms. The van der Waals surface area contributed by atoms with Gasteiger partial charge >= 0.3 is 0 Å². The Labute approximate surface area is 164 Å². The van der Waals surface area contributed by atoms with Crippen LogP contribution in [-0.4, -0.2) is 43.6 Å². The van der Waals surface area contributed by atoms with Crippen LogP contribution in [0.4, 0.5) is 8.78 Å². The molecule has 8 heteroatoms. The first-order valence-electron chi connectivity index (χ1n) is 7.36. The first-order valence-corrected chi connectivity index (χ1v) is 8.58. The van der Waals surface area contributed by atoms with Gasteiger partial charge in [0.05, 0.1) is 0 Å². The highest BCUT2D eigenvalue weighted by molar-refractivity contribution is 14.0. The molecule has 0 unspecified atom stereocenters. The van der Waals surface area contributed by atoms with Gasteiger partial charge in [0, 0.05) is 24.9 Å². The molecule has 0 spiro atoms. The highest BCUT2D eigenvalue weighted by atomic mass is 127. The number of alkyl halides is 2. The quantitative estimate of drug-likeness (QED) is 0.343. The van der Waals surface area contributed by atoms with Crippen molar-refractivity contribution in [1.29, 1.82) is 0 Å². The van der Waals surface area contributed by atoms with Gasteiger partial charge in [-0.25, -0.2) is 8.78 Å². The second kappa shape index (κ2) is 11.7. The molecule has 0 aliphatic carbocycles. The molecule has 24 heavy (non-hydrogen) atoms. The fourth-order valence-electron chi connectivity index (χ4n) is 1.68. The summed E-state index contributed by atoms with van der Waals surface area (Å²) in [5, 5.41) is 6.47. The molecule has 0 heterocycles. The van der Waals surface area contributed by atoms with Crippen molar-refractivity contribution in [3.05, 3.63) is 29.8 Å². The maximum Gasteiger partial charge on any atom is 0.272 e. The topological polar surface area (TPSA) is 45.7 Å². The first-order chi connectivity index (χ1) is 10.9. The molecule has 4 nitrogen and oxygen atoms in total. The first kappa shape index (κ1) is 23.2. The molecule has 0 radical (unpaired) electrons. The predicted octanol–water partition coefficient (Wildman–Crippen LogP) is 3.76. The molecule has 0 aliphatic heterocycles. The van der Waals surface area contributed by atoms with Crippen LogP contribution in [0.5, 0.6) is 5.75 Å². The van der Waals surface area contributed by atoms with Crippen LogP contribution in [0.3, 0.4) is 0 Å². The summed E-state index contributed by atoms with van der Waals surface area (Å²) in [4.78, 5) is 4.18. The molecule has 1 aromatic carbocycles. The molecule has 138 valence electrons. The van der Waals surface area contributed by atoms with E-state index in [1.165, 1.54) is 0 Å². The highest BCUT2D eigenvalue weighted by Crippen LogP contribution is 2.19. The van der Waals surface area contributed by atoms with Crippen molar-refractivity contribution >= 4 is 41.7 Å². The number of guanidine groups is 1. The van der Waals surface area contributed by atoms with Crippen LogP contribution in [0.1, 0.15) is 19.4 Å². The van der Waals surface area contributed by atoms with E-state index in [-0.39, 0.29) is 28.7 Å². The van der Waals surface area contributed by atoms with Crippen molar-refractivity contribution in [1.82, 2.24) is 10.6 Å². The minimum absolute atomic E-state index is 0. The lowest BCUT2D eigenvalue weighted by molar-refractivity contribution is 0.0818. The summed E-state index contributed by atoms with van der Waals surface area (Å²) in [6, 6.07) is 7.10. The summed E-state index contributed by atoms with van der Waals surface area (Å²) < 4.78 is 29.5. The van der Waals surface area contributed by atoms with E-state index in [0.717, 1.165) is 12.1 Å². The standard InChI is InChI=1S/C16H25F2N3OS.HI/c1-16(2,23-4)11-21-15(19-3)20-9-12-6-5-7-13(8-12)22-10-14(17)18;/h5-8,14H,9-11H2,1-4H3,(H2,19,20,21);1H. The number of benzene rings is 1. The summed E-state index contributed by atoms with van der Waals surface area (Å²) in [5.74, 6) is 1.14. The number of halogens is 3. The van der Waals surface area contributed by atoms with Gasteiger partial charge in [-0.3, -0.25) is 4.99 Å². The highest BCUT2D eigenvalue weighted by Gasteiger charge is 2.16. The SMILES string of the molecule is CN=C(NCc1cccc(OCC(F)F)c1)NCC(C)(C)SC.I. The lowest BCUT2D eigenvalue weighted by Crippen LogP contribution is -2.42. The van der Waals surface area contributed by atoms with Gasteiger partial charge in [0.2, 0.25) is 0 Å². The van der Waals surface area contributed by atoms with Crippen LogP contribution < -0.4 is 15.4 Å². The summed E-state index contributed by atoms with van der Waals surface area (Å²) in [5.41, 5.74) is 0.934. The van der Waals surface area contributed by atoms with Crippen molar-refractivity contribution in [2.45, 2.75) is 31.6 Å². The van der Waals surface area contributed by atoms with Gasteiger partial charge in [-0.2, -0.15) is 11.8 Å². The molecule has 0 amide bonds. The molecule has 0 aliphatic rings. The van der Waals surface area contributed by atoms with Crippen molar-refractivity contribution in [2.24, 2.45) is 4.99 Å². The third-order valence-corrected chi connectivity index (χ3v) is 4.44. The summed E-state index contributed by atoms with van der Waals surface area (Å²) >= 11 is 1.78. The van der Waals surface area contributed by atoms with Crippen LogP contribution in [0.2, 0.25) is 0 Å². The molecule has 1 rings (SSSR count). The fraction of sp³-hybridized carbons (Fsp3) is 0.562. The average Bonchev–Trinajstić information content (AvgIpc) is 2.53. The minimum atomic E-state index is -2.47. The molecule has 0 fully saturated rings. The zero-order valence-corrected chi connectivity index (χ0v) is 17.6. The maximum atomic E-state index is 12.2. The Morgan fingerprint density at radius 1 is 1.33 bits per heavy atom. The number of nitrogens with one attached hydrogen (secondary N) is 2. The molecular weight excluding hydrogens is 447 g/mol. The maximum absolute atomic E-state index is 12.2. The van der Waals surface area contributed by atoms with Crippen LogP contribution in [0.25, 0.3) is 0 Å². The molecule has 0 saturated heterocycles. The fourth-order valence-corrected chi connectivity index (χ4v) is 1.90. The largest absolute Gasteiger partial charge is 0.488 e. The van der Waals surface area contributed by atoms with E-state index in [4.69, 9.17) is 4.74 Å². The number of ether oxygens (including phenoxy) is 1. The summed E-state index contributed by atoms with van der Waals surface area (Å²) in [7, 11) is 1.71. The number of aliphatic imine (C=N–C) groups is 1. The van der Waals surface area contributed by atoms with Gasteiger partial charge in [0.25, 0.3) is 6.43 Å². The molecule has 0 atom stereocenters. The van der Waals surface area contributed by atoms with Crippen molar-refractivity contribution in [3.63, 3.8) is 0 Å². The number of thioether (sulfide) groups is 1. The van der Waals surface area contributed by atoms with Gasteiger partial charge in [-0.05, 0) is 37.8 Å². The molecule has 0 aromatic heterocycles. The van der Waals surface area contributed by atoms with Gasteiger partial charge in [-0.15, -0.1) is 24.0 Å². The number of hydrogen-bond donors (Lipinski definition) is 2. The van der Waals surface area contributed by atoms with E-state index in [9.17, 15) is 8.78 Å². The summed E-state index contributed by atoms with van der Waals surface area (Å²) in [6.07, 6.45) is -0.400. The predicted molar refractivity (Wildman–Crippen MR) is 109 cm³/mol. The third kappa shape index (κ3) is 9.51. The third-order valence-electron chi connectivity index (χ3n) is 3.19. The second-order valence-electron chi connectivity index (χ2n) is 5.59. The monoisotopic (exact) mass is 473 g/mol. The van der Waals surface area contributed by atoms with E-state index in [2.05, 4.69) is 35.7 Å². The normalized spacial score (nSPS) is 11.9. The smallest absolute Gasteiger partial charge is 0.272 e. The second-order valence-corrected chi connectivity index (χ2v) is 7.11.